The van der Waals surface area contributed by atoms with Gasteiger partial charge in [-0.3, -0.25) is 0 Å². The van der Waals surface area contributed by atoms with E-state index in [4.69, 9.17) is 18.9 Å². The van der Waals surface area contributed by atoms with Crippen molar-refractivity contribution in [1.82, 2.24) is 0 Å². The third-order valence-electron chi connectivity index (χ3n) is 7.22. The normalized spacial score (nSPS) is 44.2. The third-order valence-corrected chi connectivity index (χ3v) is 7.22. The van der Waals surface area contributed by atoms with E-state index in [0.29, 0.717) is 23.7 Å². The summed E-state index contributed by atoms with van der Waals surface area (Å²) in [5, 5.41) is 0. The summed E-state index contributed by atoms with van der Waals surface area (Å²) < 4.78 is 24.8. The SMILES string of the molecule is Cc1c2c(cc3c1C[C@H]1[C@@H](C)CO[C@@]1(C)O3)O[C@@]1(C)OC[C@@H](C)[C@H]1C2. The van der Waals surface area contributed by atoms with E-state index in [1.807, 2.05) is 0 Å². The molecule has 0 N–H and O–H groups in total. The van der Waals surface area contributed by atoms with Crippen molar-refractivity contribution in [3.05, 3.63) is 22.8 Å². The molecule has 0 bridgehead atoms. The monoisotopic (exact) mass is 344 g/mol. The van der Waals surface area contributed by atoms with E-state index in [-0.39, 0.29) is 0 Å². The molecule has 5 rings (SSSR count). The largest absolute Gasteiger partial charge is 0.462 e. The Bertz CT molecular complexity index is 686. The molecule has 4 aliphatic rings. The molecule has 4 heterocycles. The molecule has 4 aliphatic heterocycles. The maximum absolute atomic E-state index is 6.38. The molecule has 6 atom stereocenters. The van der Waals surface area contributed by atoms with Crippen LogP contribution in [0.5, 0.6) is 11.5 Å². The minimum atomic E-state index is -0.507. The Morgan fingerprint density at radius 1 is 0.840 bits per heavy atom. The molecule has 136 valence electrons. The summed E-state index contributed by atoms with van der Waals surface area (Å²) in [5.41, 5.74) is 4.03. The minimum absolute atomic E-state index is 0.417. The molecule has 0 spiro atoms. The number of ether oxygens (including phenoxy) is 4. The van der Waals surface area contributed by atoms with Gasteiger partial charge >= 0.3 is 0 Å². The maximum Gasteiger partial charge on any atom is 0.211 e. The number of hydrogen-bond acceptors (Lipinski definition) is 4. The Kier molecular flexibility index (Phi) is 3.14. The van der Waals surface area contributed by atoms with Gasteiger partial charge in [-0.25, -0.2) is 0 Å². The number of fused-ring (bicyclic) bond motifs is 4. The molecule has 0 radical (unpaired) electrons. The lowest BCUT2D eigenvalue weighted by Gasteiger charge is -2.42. The third kappa shape index (κ3) is 2.07. The summed E-state index contributed by atoms with van der Waals surface area (Å²) in [6.45, 7) is 12.5. The van der Waals surface area contributed by atoms with Crippen LogP contribution in [0.3, 0.4) is 0 Å². The van der Waals surface area contributed by atoms with E-state index in [0.717, 1.165) is 37.6 Å². The molecule has 4 heteroatoms. The Morgan fingerprint density at radius 2 is 1.28 bits per heavy atom. The average molecular weight is 344 g/mol. The second kappa shape index (κ2) is 4.92. The average Bonchev–Trinajstić information content (AvgIpc) is 3.01. The lowest BCUT2D eigenvalue weighted by atomic mass is 9.77. The van der Waals surface area contributed by atoms with Gasteiger partial charge in [-0.2, -0.15) is 0 Å². The molecule has 2 saturated heterocycles. The molecule has 25 heavy (non-hydrogen) atoms. The first kappa shape index (κ1) is 16.0. The quantitative estimate of drug-likeness (QED) is 0.716. The Hall–Kier alpha value is -1.26. The van der Waals surface area contributed by atoms with Crippen LogP contribution in [-0.4, -0.2) is 24.8 Å². The fourth-order valence-corrected chi connectivity index (χ4v) is 5.47. The molecule has 1 aromatic rings. The second-order valence-corrected chi connectivity index (χ2v) is 8.89. The van der Waals surface area contributed by atoms with Gasteiger partial charge in [0.1, 0.15) is 11.5 Å². The van der Waals surface area contributed by atoms with Crippen LogP contribution in [0, 0.1) is 30.6 Å². The smallest absolute Gasteiger partial charge is 0.211 e. The molecule has 0 unspecified atom stereocenters. The molecular weight excluding hydrogens is 316 g/mol. The highest BCUT2D eigenvalue weighted by atomic mass is 16.7. The summed E-state index contributed by atoms with van der Waals surface area (Å²) >= 11 is 0. The van der Waals surface area contributed by atoms with Crippen molar-refractivity contribution in [2.75, 3.05) is 13.2 Å². The van der Waals surface area contributed by atoms with E-state index in [1.165, 1.54) is 16.7 Å². The lowest BCUT2D eigenvalue weighted by Crippen LogP contribution is -2.46. The molecule has 4 nitrogen and oxygen atoms in total. The van der Waals surface area contributed by atoms with Crippen LogP contribution in [0.4, 0.5) is 0 Å². The van der Waals surface area contributed by atoms with Crippen molar-refractivity contribution in [3.63, 3.8) is 0 Å². The Balaban J connectivity index is 1.59. The van der Waals surface area contributed by atoms with E-state index in [1.54, 1.807) is 0 Å². The fraction of sp³-hybridized carbons (Fsp3) is 0.714. The Labute approximate surface area is 149 Å². The van der Waals surface area contributed by atoms with E-state index >= 15 is 0 Å². The van der Waals surface area contributed by atoms with E-state index in [9.17, 15) is 0 Å². The number of benzene rings is 1. The molecule has 0 saturated carbocycles. The molecule has 1 aromatic carbocycles. The number of hydrogen-bond donors (Lipinski definition) is 0. The molecule has 2 fully saturated rings. The van der Waals surface area contributed by atoms with Gasteiger partial charge in [-0.1, -0.05) is 13.8 Å². The fourth-order valence-electron chi connectivity index (χ4n) is 5.47. The molecule has 0 amide bonds. The van der Waals surface area contributed by atoms with Crippen LogP contribution >= 0.6 is 0 Å². The van der Waals surface area contributed by atoms with Crippen molar-refractivity contribution in [1.29, 1.82) is 0 Å². The van der Waals surface area contributed by atoms with Crippen LogP contribution in [0.2, 0.25) is 0 Å². The van der Waals surface area contributed by atoms with Crippen LogP contribution < -0.4 is 9.47 Å². The highest BCUT2D eigenvalue weighted by Crippen LogP contribution is 2.52. The second-order valence-electron chi connectivity index (χ2n) is 8.89. The minimum Gasteiger partial charge on any atom is -0.462 e. The maximum atomic E-state index is 6.38. The topological polar surface area (TPSA) is 36.9 Å². The first-order chi connectivity index (χ1) is 11.8. The van der Waals surface area contributed by atoms with Gasteiger partial charge in [-0.15, -0.1) is 0 Å². The van der Waals surface area contributed by atoms with Crippen LogP contribution in [0.15, 0.2) is 6.07 Å². The van der Waals surface area contributed by atoms with Gasteiger partial charge in [0.2, 0.25) is 11.6 Å². The summed E-state index contributed by atoms with van der Waals surface area (Å²) in [4.78, 5) is 0. The summed E-state index contributed by atoms with van der Waals surface area (Å²) in [6, 6.07) is 2.08. The Morgan fingerprint density at radius 3 is 1.72 bits per heavy atom. The predicted molar refractivity (Wildman–Crippen MR) is 93.9 cm³/mol. The zero-order valence-electron chi connectivity index (χ0n) is 15.8. The van der Waals surface area contributed by atoms with Gasteiger partial charge in [0.05, 0.1) is 13.2 Å². The van der Waals surface area contributed by atoms with Crippen molar-refractivity contribution >= 4 is 0 Å². The standard InChI is InChI=1S/C21H28O4/c1-11-9-22-20(4)16(11)6-14-13(3)15-7-17-12(2)10-23-21(17,5)25-19(15)8-18(14)24-20/h8,11-12,16-17H,6-7,9-10H2,1-5H3/t11-,12+,16-,17+,20-,21+. The van der Waals surface area contributed by atoms with Crippen LogP contribution in [0.1, 0.15) is 44.4 Å². The van der Waals surface area contributed by atoms with Gasteiger partial charge in [-0.05, 0) is 48.3 Å². The molecule has 0 aromatic heterocycles. The summed E-state index contributed by atoms with van der Waals surface area (Å²) in [6.07, 6.45) is 2.06. The molecular formula is C21H28O4. The van der Waals surface area contributed by atoms with Gasteiger partial charge in [0.25, 0.3) is 0 Å². The highest BCUT2D eigenvalue weighted by molar-refractivity contribution is 5.55. The molecule has 0 aliphatic carbocycles. The first-order valence-corrected chi connectivity index (χ1v) is 9.62. The predicted octanol–water partition coefficient (Wildman–Crippen LogP) is 3.86. The lowest BCUT2D eigenvalue weighted by molar-refractivity contribution is -0.170. The van der Waals surface area contributed by atoms with E-state index < -0.39 is 11.6 Å². The van der Waals surface area contributed by atoms with Crippen molar-refractivity contribution in [2.45, 2.75) is 59.0 Å². The van der Waals surface area contributed by atoms with Crippen molar-refractivity contribution in [2.24, 2.45) is 23.7 Å². The zero-order chi connectivity index (χ0) is 17.6. The van der Waals surface area contributed by atoms with E-state index in [2.05, 4.69) is 40.7 Å². The summed E-state index contributed by atoms with van der Waals surface area (Å²) in [5.74, 6) is 2.72. The van der Waals surface area contributed by atoms with Gasteiger partial charge in [0.15, 0.2) is 0 Å². The van der Waals surface area contributed by atoms with Gasteiger partial charge < -0.3 is 18.9 Å². The zero-order valence-corrected chi connectivity index (χ0v) is 15.8. The summed E-state index contributed by atoms with van der Waals surface area (Å²) in [7, 11) is 0. The number of rotatable bonds is 0. The van der Waals surface area contributed by atoms with Crippen molar-refractivity contribution < 1.29 is 18.9 Å². The van der Waals surface area contributed by atoms with Crippen LogP contribution in [-0.2, 0) is 22.3 Å². The van der Waals surface area contributed by atoms with Crippen molar-refractivity contribution in [3.8, 4) is 11.5 Å². The van der Waals surface area contributed by atoms with Gasteiger partial charge in [0, 0.05) is 31.7 Å². The highest BCUT2D eigenvalue weighted by Gasteiger charge is 2.53. The van der Waals surface area contributed by atoms with Crippen LogP contribution in [0.25, 0.3) is 0 Å². The first-order valence-electron chi connectivity index (χ1n) is 9.62.